The molecule has 0 saturated heterocycles. The minimum Gasteiger partial charge on any atom is -0.448 e. The Hall–Kier alpha value is -1.95. The molecule has 0 bridgehead atoms. The van der Waals surface area contributed by atoms with Crippen LogP contribution in [0.1, 0.15) is 109 Å². The van der Waals surface area contributed by atoms with Gasteiger partial charge in [-0.1, -0.05) is 70.1 Å². The Bertz CT molecular complexity index is 1140. The third kappa shape index (κ3) is 5.84. The molecule has 0 spiro atoms. The zero-order valence-corrected chi connectivity index (χ0v) is 24.9. The number of hydrogen-bond donors (Lipinski definition) is 3. The molecule has 0 aromatic carbocycles. The highest BCUT2D eigenvalue weighted by atomic mass is 16.3. The summed E-state index contributed by atoms with van der Waals surface area (Å²) in [5.74, 6) is 2.24. The van der Waals surface area contributed by atoms with Crippen molar-refractivity contribution in [1.82, 2.24) is 4.98 Å². The molecule has 0 aliphatic heterocycles. The van der Waals surface area contributed by atoms with Gasteiger partial charge in [0.25, 0.3) is 0 Å². The van der Waals surface area contributed by atoms with Gasteiger partial charge in [0.05, 0.1) is 29.4 Å². The maximum Gasteiger partial charge on any atom is 0.203 e. The average Bonchev–Trinajstić information content (AvgIpc) is 3.46. The Kier molecular flexibility index (Phi) is 8.94. The molecular weight excluding hydrogens is 498 g/mol. The highest BCUT2D eigenvalue weighted by Gasteiger charge is 2.54. The lowest BCUT2D eigenvalue weighted by molar-refractivity contribution is 0.0862. The predicted octanol–water partition coefficient (Wildman–Crippen LogP) is 7.13. The van der Waals surface area contributed by atoms with Gasteiger partial charge in [0.1, 0.15) is 6.26 Å². The molecule has 0 radical (unpaired) electrons. The van der Waals surface area contributed by atoms with Crippen LogP contribution in [0.25, 0.3) is 0 Å². The van der Waals surface area contributed by atoms with Crippen molar-refractivity contribution in [2.45, 2.75) is 128 Å². The molecule has 220 valence electrons. The lowest BCUT2D eigenvalue weighted by atomic mass is 9.61. The van der Waals surface area contributed by atoms with Crippen molar-refractivity contribution in [2.24, 2.45) is 23.2 Å². The van der Waals surface area contributed by atoms with Gasteiger partial charge in [-0.05, 0) is 98.5 Å². The molecule has 40 heavy (non-hydrogen) atoms. The zero-order valence-electron chi connectivity index (χ0n) is 24.9. The molecule has 7 atom stereocenters. The molecule has 4 saturated carbocycles. The minimum absolute atomic E-state index is 0.243. The summed E-state index contributed by atoms with van der Waals surface area (Å²) < 4.78 is 5.88. The Morgan fingerprint density at radius 1 is 1.15 bits per heavy atom. The van der Waals surface area contributed by atoms with E-state index in [0.717, 1.165) is 48.9 Å². The lowest BCUT2D eigenvalue weighted by Gasteiger charge is -2.44. The standard InChI is InChI=1S/C35H51NO4/c1-5-6-7-10-27-22-40-33(36-27)35(18-19-35)32(39)16-11-23(2)29-14-15-30-25(9-8-17-34(29,30)4)12-13-26-20-28(37)21-31(38)24(26)3/h11-13,16,22-23,28-32,37-39H,3,5-10,14-15,17-21H2,1-2,4H3/b16-11+,25-12+,26-13-/t23-,28+,29+,30-,31-,32+,34+/m0/s1. The summed E-state index contributed by atoms with van der Waals surface area (Å²) in [4.78, 5) is 4.77. The summed E-state index contributed by atoms with van der Waals surface area (Å²) in [5, 5.41) is 31.6. The second kappa shape index (κ2) is 12.1. The van der Waals surface area contributed by atoms with E-state index in [9.17, 15) is 15.3 Å². The number of unbranched alkanes of at least 4 members (excludes halogenated alkanes) is 2. The molecule has 5 nitrogen and oxygen atoms in total. The molecule has 1 aromatic rings. The highest BCUT2D eigenvalue weighted by molar-refractivity contribution is 5.38. The van der Waals surface area contributed by atoms with Gasteiger partial charge in [-0.2, -0.15) is 0 Å². The van der Waals surface area contributed by atoms with E-state index < -0.39 is 18.3 Å². The predicted molar refractivity (Wildman–Crippen MR) is 160 cm³/mol. The number of fused-ring (bicyclic) bond motifs is 1. The van der Waals surface area contributed by atoms with Crippen LogP contribution in [0.2, 0.25) is 0 Å². The number of hydrogen-bond acceptors (Lipinski definition) is 5. The fraction of sp³-hybridized carbons (Fsp3) is 0.686. The van der Waals surface area contributed by atoms with E-state index in [2.05, 4.69) is 45.6 Å². The number of aliphatic hydroxyl groups excluding tert-OH is 3. The summed E-state index contributed by atoms with van der Waals surface area (Å²) >= 11 is 0. The van der Waals surface area contributed by atoms with Crippen molar-refractivity contribution in [1.29, 1.82) is 0 Å². The number of oxazole rings is 1. The maximum absolute atomic E-state index is 11.3. The molecular formula is C35H51NO4. The van der Waals surface area contributed by atoms with Gasteiger partial charge < -0.3 is 19.7 Å². The summed E-state index contributed by atoms with van der Waals surface area (Å²) in [6.07, 6.45) is 22.0. The van der Waals surface area contributed by atoms with Gasteiger partial charge in [-0.15, -0.1) is 0 Å². The second-order valence-corrected chi connectivity index (χ2v) is 13.6. The van der Waals surface area contributed by atoms with E-state index in [1.807, 2.05) is 6.08 Å². The number of allylic oxidation sites excluding steroid dienone is 4. The largest absolute Gasteiger partial charge is 0.448 e. The van der Waals surface area contributed by atoms with Crippen molar-refractivity contribution >= 4 is 0 Å². The van der Waals surface area contributed by atoms with Crippen LogP contribution < -0.4 is 0 Å². The zero-order chi connectivity index (χ0) is 28.5. The Morgan fingerprint density at radius 2 is 1.95 bits per heavy atom. The lowest BCUT2D eigenvalue weighted by Crippen LogP contribution is -2.35. The molecule has 5 heteroatoms. The van der Waals surface area contributed by atoms with E-state index in [1.54, 1.807) is 6.26 Å². The minimum atomic E-state index is -0.643. The van der Waals surface area contributed by atoms with Crippen LogP contribution in [0.3, 0.4) is 0 Å². The topological polar surface area (TPSA) is 86.7 Å². The molecule has 3 N–H and O–H groups in total. The summed E-state index contributed by atoms with van der Waals surface area (Å²) in [6.45, 7) is 11.1. The molecule has 4 fully saturated rings. The van der Waals surface area contributed by atoms with Crippen LogP contribution in [0.4, 0.5) is 0 Å². The first-order valence-corrected chi connectivity index (χ1v) is 15.9. The number of nitrogens with zero attached hydrogens (tertiary/aromatic N) is 1. The van der Waals surface area contributed by atoms with Crippen LogP contribution >= 0.6 is 0 Å². The summed E-state index contributed by atoms with van der Waals surface area (Å²) in [6, 6.07) is 0. The van der Waals surface area contributed by atoms with Gasteiger partial charge in [-0.25, -0.2) is 4.98 Å². The van der Waals surface area contributed by atoms with E-state index in [1.165, 1.54) is 44.1 Å². The molecule has 0 unspecified atom stereocenters. The van der Waals surface area contributed by atoms with Crippen molar-refractivity contribution in [3.8, 4) is 0 Å². The molecule has 0 amide bonds. The monoisotopic (exact) mass is 549 g/mol. The van der Waals surface area contributed by atoms with E-state index >= 15 is 0 Å². The average molecular weight is 550 g/mol. The smallest absolute Gasteiger partial charge is 0.203 e. The third-order valence-corrected chi connectivity index (χ3v) is 10.9. The van der Waals surface area contributed by atoms with Crippen LogP contribution in [-0.2, 0) is 11.8 Å². The van der Waals surface area contributed by atoms with Crippen LogP contribution in [0.15, 0.2) is 58.3 Å². The highest BCUT2D eigenvalue weighted by Crippen LogP contribution is 2.60. The maximum atomic E-state index is 11.3. The van der Waals surface area contributed by atoms with Crippen molar-refractivity contribution < 1.29 is 19.7 Å². The van der Waals surface area contributed by atoms with E-state index in [4.69, 9.17) is 9.40 Å². The third-order valence-electron chi connectivity index (χ3n) is 10.9. The summed E-state index contributed by atoms with van der Waals surface area (Å²) in [7, 11) is 0. The van der Waals surface area contributed by atoms with Crippen LogP contribution in [0, 0.1) is 23.2 Å². The molecule has 5 rings (SSSR count). The molecule has 4 aliphatic rings. The normalized spacial score (nSPS) is 35.4. The first-order chi connectivity index (χ1) is 19.2. The van der Waals surface area contributed by atoms with E-state index in [0.29, 0.717) is 36.5 Å². The van der Waals surface area contributed by atoms with Gasteiger partial charge in [-0.3, -0.25) is 0 Å². The first-order valence-electron chi connectivity index (χ1n) is 15.9. The number of rotatable bonds is 10. The Balaban J connectivity index is 1.24. The van der Waals surface area contributed by atoms with Gasteiger partial charge in [0.2, 0.25) is 5.89 Å². The van der Waals surface area contributed by atoms with Crippen LogP contribution in [0.5, 0.6) is 0 Å². The van der Waals surface area contributed by atoms with Gasteiger partial charge >= 0.3 is 0 Å². The molecule has 1 heterocycles. The Morgan fingerprint density at radius 3 is 2.70 bits per heavy atom. The second-order valence-electron chi connectivity index (χ2n) is 13.6. The summed E-state index contributed by atoms with van der Waals surface area (Å²) in [5.41, 5.74) is 4.17. The van der Waals surface area contributed by atoms with Crippen molar-refractivity contribution in [3.05, 3.63) is 65.5 Å². The Labute approximate surface area is 241 Å². The van der Waals surface area contributed by atoms with Gasteiger partial charge in [0, 0.05) is 6.42 Å². The molecule has 4 aliphatic carbocycles. The van der Waals surface area contributed by atoms with Gasteiger partial charge in [0.15, 0.2) is 0 Å². The SMILES string of the molecule is C=C1/C(=C\C=C2/CCC[C@]3(C)[C@@H]([C@@H](C)/C=C/[C@@H](O)C4(c5nc(CCCCC)co5)CC4)CC[C@@H]23)C[C@@H](O)C[C@@H]1O. The van der Waals surface area contributed by atoms with E-state index in [-0.39, 0.29) is 10.8 Å². The first kappa shape index (κ1) is 29.5. The number of aliphatic hydroxyl groups is 3. The number of aromatic nitrogens is 1. The van der Waals surface area contributed by atoms with Crippen LogP contribution in [-0.4, -0.2) is 38.6 Å². The fourth-order valence-corrected chi connectivity index (χ4v) is 8.18. The van der Waals surface area contributed by atoms with Crippen molar-refractivity contribution in [3.63, 3.8) is 0 Å². The number of aryl methyl sites for hydroxylation is 1. The fourth-order valence-electron chi connectivity index (χ4n) is 8.18. The molecule has 1 aromatic heterocycles. The van der Waals surface area contributed by atoms with Crippen molar-refractivity contribution in [2.75, 3.05) is 0 Å². The quantitative estimate of drug-likeness (QED) is 0.213.